The number of hydrogen-bond donors (Lipinski definition) is 4. The number of nitrogens with zero attached hydrogens (tertiary/aromatic N) is 2. The molecule has 1 aromatic carbocycles. The van der Waals surface area contributed by atoms with Crippen LogP contribution in [0.15, 0.2) is 18.2 Å². The largest absolute Gasteiger partial charge is 0.370 e. The number of carbonyl (C=O) groups excluding carboxylic acids is 2. The van der Waals surface area contributed by atoms with E-state index >= 15 is 0 Å². The van der Waals surface area contributed by atoms with Crippen LogP contribution in [0.2, 0.25) is 0 Å². The minimum Gasteiger partial charge on any atom is -0.370 e. The Kier molecular flexibility index (Phi) is 5.67. The zero-order valence-corrected chi connectivity index (χ0v) is 15.7. The molecule has 0 bridgehead atoms. The number of carbonyl (C=O) groups is 2. The summed E-state index contributed by atoms with van der Waals surface area (Å²) in [5.74, 6) is -0.803. The smallest absolute Gasteiger partial charge is 0.276 e. The highest BCUT2D eigenvalue weighted by atomic mass is 35.5. The Morgan fingerprint density at radius 2 is 2.00 bits per heavy atom. The third-order valence-electron chi connectivity index (χ3n) is 5.00. The number of nitrogens with one attached hydrogen (secondary N) is 3. The molecule has 27 heavy (non-hydrogen) atoms. The van der Waals surface area contributed by atoms with Crippen LogP contribution in [0.1, 0.15) is 44.9 Å². The van der Waals surface area contributed by atoms with E-state index < -0.39 is 5.91 Å². The summed E-state index contributed by atoms with van der Waals surface area (Å²) < 4.78 is 0. The molecular weight excluding hydrogens is 368 g/mol. The SMILES string of the molecule is Cl.NC(=O)c1ccc(N2CCCC2)c(NC(=O)c2n[nH]c3c2CNCC3)c1. The predicted octanol–water partition coefficient (Wildman–Crippen LogP) is 1.43. The Morgan fingerprint density at radius 3 is 2.74 bits per heavy atom. The molecule has 4 rings (SSSR count). The van der Waals surface area contributed by atoms with Crippen LogP contribution in [-0.4, -0.2) is 41.6 Å². The van der Waals surface area contributed by atoms with Crippen molar-refractivity contribution in [2.24, 2.45) is 5.73 Å². The fraction of sp³-hybridized carbons (Fsp3) is 0.389. The Balaban J connectivity index is 0.00000210. The average molecular weight is 391 g/mol. The summed E-state index contributed by atoms with van der Waals surface area (Å²) in [7, 11) is 0. The maximum atomic E-state index is 12.8. The van der Waals surface area contributed by atoms with Gasteiger partial charge in [0.1, 0.15) is 0 Å². The van der Waals surface area contributed by atoms with E-state index in [4.69, 9.17) is 5.73 Å². The molecule has 5 N–H and O–H groups in total. The van der Waals surface area contributed by atoms with E-state index in [2.05, 4.69) is 25.7 Å². The van der Waals surface area contributed by atoms with Crippen molar-refractivity contribution in [2.75, 3.05) is 29.9 Å². The standard InChI is InChI=1S/C18H22N6O2.ClH/c19-17(25)11-3-4-15(24-7-1-2-8-24)14(9-11)21-18(26)16-12-10-20-6-5-13(12)22-23-16;/h3-4,9,20H,1-2,5-8,10H2,(H2,19,25)(H,21,26)(H,22,23);1H. The molecule has 2 aliphatic rings. The van der Waals surface area contributed by atoms with Crippen molar-refractivity contribution in [1.82, 2.24) is 15.5 Å². The molecule has 0 unspecified atom stereocenters. The molecular formula is C18H23ClN6O2. The molecule has 1 fully saturated rings. The predicted molar refractivity (Wildman–Crippen MR) is 106 cm³/mol. The van der Waals surface area contributed by atoms with Crippen LogP contribution in [0.4, 0.5) is 11.4 Å². The Morgan fingerprint density at radius 1 is 1.22 bits per heavy atom. The number of benzene rings is 1. The van der Waals surface area contributed by atoms with Crippen LogP contribution in [0, 0.1) is 0 Å². The minimum atomic E-state index is -0.519. The van der Waals surface area contributed by atoms with Crippen molar-refractivity contribution in [3.63, 3.8) is 0 Å². The second-order valence-electron chi connectivity index (χ2n) is 6.70. The molecule has 144 valence electrons. The number of anilines is 2. The van der Waals surface area contributed by atoms with Gasteiger partial charge >= 0.3 is 0 Å². The highest BCUT2D eigenvalue weighted by Crippen LogP contribution is 2.30. The van der Waals surface area contributed by atoms with Gasteiger partial charge in [0.25, 0.3) is 5.91 Å². The lowest BCUT2D eigenvalue weighted by molar-refractivity contribution is 0.0995. The van der Waals surface area contributed by atoms with E-state index in [9.17, 15) is 9.59 Å². The van der Waals surface area contributed by atoms with Gasteiger partial charge in [0, 0.05) is 49.4 Å². The first-order valence-electron chi connectivity index (χ1n) is 8.90. The van der Waals surface area contributed by atoms with Crippen LogP contribution in [0.25, 0.3) is 0 Å². The van der Waals surface area contributed by atoms with Crippen LogP contribution in [0.5, 0.6) is 0 Å². The number of primary amides is 1. The van der Waals surface area contributed by atoms with Crippen molar-refractivity contribution >= 4 is 35.6 Å². The summed E-state index contributed by atoms with van der Waals surface area (Å²) in [6.45, 7) is 3.35. The lowest BCUT2D eigenvalue weighted by Gasteiger charge is -2.22. The molecule has 0 atom stereocenters. The summed E-state index contributed by atoms with van der Waals surface area (Å²) in [6, 6.07) is 5.19. The molecule has 2 aliphatic heterocycles. The van der Waals surface area contributed by atoms with E-state index in [1.54, 1.807) is 12.1 Å². The topological polar surface area (TPSA) is 116 Å². The number of amides is 2. The molecule has 1 aromatic heterocycles. The second kappa shape index (κ2) is 7.98. The van der Waals surface area contributed by atoms with Gasteiger partial charge < -0.3 is 21.3 Å². The zero-order chi connectivity index (χ0) is 18.1. The van der Waals surface area contributed by atoms with Crippen LogP contribution < -0.4 is 21.3 Å². The molecule has 9 heteroatoms. The van der Waals surface area contributed by atoms with E-state index in [0.717, 1.165) is 55.8 Å². The molecule has 0 aliphatic carbocycles. The number of fused-ring (bicyclic) bond motifs is 1. The van der Waals surface area contributed by atoms with Crippen molar-refractivity contribution in [1.29, 1.82) is 0 Å². The van der Waals surface area contributed by atoms with Gasteiger partial charge in [-0.15, -0.1) is 12.4 Å². The maximum absolute atomic E-state index is 12.8. The second-order valence-corrected chi connectivity index (χ2v) is 6.70. The van der Waals surface area contributed by atoms with E-state index in [1.807, 2.05) is 6.07 Å². The Labute approximate surface area is 163 Å². The maximum Gasteiger partial charge on any atom is 0.276 e. The number of nitrogens with two attached hydrogens (primary N) is 1. The van der Waals surface area contributed by atoms with E-state index in [-0.39, 0.29) is 18.3 Å². The van der Waals surface area contributed by atoms with Gasteiger partial charge in [0.2, 0.25) is 5.91 Å². The van der Waals surface area contributed by atoms with Gasteiger partial charge in [-0.1, -0.05) is 0 Å². The fourth-order valence-corrected chi connectivity index (χ4v) is 3.62. The first-order chi connectivity index (χ1) is 12.6. The molecule has 0 saturated carbocycles. The molecule has 0 spiro atoms. The lowest BCUT2D eigenvalue weighted by atomic mass is 10.1. The third-order valence-corrected chi connectivity index (χ3v) is 5.00. The molecule has 2 amide bonds. The molecule has 0 radical (unpaired) electrons. The van der Waals surface area contributed by atoms with E-state index in [1.165, 1.54) is 0 Å². The van der Waals surface area contributed by atoms with Crippen molar-refractivity contribution in [2.45, 2.75) is 25.8 Å². The molecule has 3 heterocycles. The summed E-state index contributed by atoms with van der Waals surface area (Å²) >= 11 is 0. The minimum absolute atomic E-state index is 0. The quantitative estimate of drug-likeness (QED) is 0.630. The molecule has 2 aromatic rings. The number of halogens is 1. The highest BCUT2D eigenvalue weighted by molar-refractivity contribution is 6.07. The Hall–Kier alpha value is -2.58. The van der Waals surface area contributed by atoms with Crippen LogP contribution in [0.3, 0.4) is 0 Å². The average Bonchev–Trinajstić information content (AvgIpc) is 3.31. The zero-order valence-electron chi connectivity index (χ0n) is 14.9. The number of hydrogen-bond acceptors (Lipinski definition) is 5. The van der Waals surface area contributed by atoms with Crippen molar-refractivity contribution < 1.29 is 9.59 Å². The third kappa shape index (κ3) is 3.77. The molecule has 8 nitrogen and oxygen atoms in total. The number of aromatic amines is 1. The Bertz CT molecular complexity index is 860. The van der Waals surface area contributed by atoms with Gasteiger partial charge in [0.05, 0.1) is 11.4 Å². The highest BCUT2D eigenvalue weighted by Gasteiger charge is 2.24. The van der Waals surface area contributed by atoms with E-state index in [0.29, 0.717) is 23.5 Å². The van der Waals surface area contributed by atoms with Gasteiger partial charge in [-0.2, -0.15) is 5.10 Å². The normalized spacial score (nSPS) is 15.8. The summed E-state index contributed by atoms with van der Waals surface area (Å²) in [5, 5.41) is 13.3. The van der Waals surface area contributed by atoms with Gasteiger partial charge in [-0.3, -0.25) is 14.7 Å². The summed E-state index contributed by atoms with van der Waals surface area (Å²) in [5.41, 5.74) is 9.58. The number of aromatic nitrogens is 2. The first-order valence-corrected chi connectivity index (χ1v) is 8.90. The van der Waals surface area contributed by atoms with Gasteiger partial charge in [0.15, 0.2) is 5.69 Å². The summed E-state index contributed by atoms with van der Waals surface area (Å²) in [4.78, 5) is 26.6. The summed E-state index contributed by atoms with van der Waals surface area (Å²) in [6.07, 6.45) is 3.05. The van der Waals surface area contributed by atoms with Gasteiger partial charge in [-0.25, -0.2) is 0 Å². The van der Waals surface area contributed by atoms with Gasteiger partial charge in [-0.05, 0) is 31.0 Å². The number of rotatable bonds is 4. The fourth-order valence-electron chi connectivity index (χ4n) is 3.62. The molecule has 1 saturated heterocycles. The lowest BCUT2D eigenvalue weighted by Crippen LogP contribution is -2.26. The number of H-pyrrole nitrogens is 1. The monoisotopic (exact) mass is 390 g/mol. The van der Waals surface area contributed by atoms with Crippen molar-refractivity contribution in [3.8, 4) is 0 Å². The van der Waals surface area contributed by atoms with Crippen LogP contribution in [-0.2, 0) is 13.0 Å². The first kappa shape index (κ1) is 19.2. The van der Waals surface area contributed by atoms with Crippen molar-refractivity contribution in [3.05, 3.63) is 40.7 Å². The van der Waals surface area contributed by atoms with Crippen LogP contribution >= 0.6 is 12.4 Å².